The summed E-state index contributed by atoms with van der Waals surface area (Å²) in [4.78, 5) is 28.8. The highest BCUT2D eigenvalue weighted by molar-refractivity contribution is 7.92. The van der Waals surface area contributed by atoms with E-state index in [1.807, 2.05) is 13.8 Å². The third-order valence-electron chi connectivity index (χ3n) is 6.67. The van der Waals surface area contributed by atoms with Crippen LogP contribution in [0.25, 0.3) is 0 Å². The largest absolute Gasteiger partial charge is 0.494 e. The summed E-state index contributed by atoms with van der Waals surface area (Å²) in [7, 11) is -4.23. The van der Waals surface area contributed by atoms with Crippen LogP contribution in [0.3, 0.4) is 0 Å². The van der Waals surface area contributed by atoms with Gasteiger partial charge in [-0.05, 0) is 86.0 Å². The van der Waals surface area contributed by atoms with Gasteiger partial charge in [0.1, 0.15) is 18.3 Å². The molecule has 3 aromatic carbocycles. The zero-order valence-electron chi connectivity index (χ0n) is 24.4. The van der Waals surface area contributed by atoms with E-state index in [9.17, 15) is 18.0 Å². The molecule has 232 valence electrons. The Morgan fingerprint density at radius 2 is 1.58 bits per heavy atom. The number of sulfonamides is 1. The number of carbonyl (C=O) groups excluding carboxylic acids is 2. The summed E-state index contributed by atoms with van der Waals surface area (Å²) in [5.74, 6) is -0.343. The molecule has 3 rings (SSSR count). The minimum atomic E-state index is -4.23. The third-order valence-corrected chi connectivity index (χ3v) is 9.45. The van der Waals surface area contributed by atoms with Crippen LogP contribution in [0.5, 0.6) is 5.75 Å². The van der Waals surface area contributed by atoms with Crippen LogP contribution in [-0.4, -0.2) is 50.9 Å². The van der Waals surface area contributed by atoms with Crippen LogP contribution in [0.2, 0.25) is 15.1 Å². The van der Waals surface area contributed by atoms with E-state index < -0.39 is 28.5 Å². The fourth-order valence-electron chi connectivity index (χ4n) is 4.40. The summed E-state index contributed by atoms with van der Waals surface area (Å²) in [5, 5.41) is 3.92. The average Bonchev–Trinajstić information content (AvgIpc) is 2.98. The van der Waals surface area contributed by atoms with Crippen molar-refractivity contribution in [3.63, 3.8) is 0 Å². The molecule has 0 fully saturated rings. The highest BCUT2D eigenvalue weighted by Crippen LogP contribution is 2.28. The Morgan fingerprint density at radius 1 is 0.907 bits per heavy atom. The van der Waals surface area contributed by atoms with E-state index >= 15 is 0 Å². The van der Waals surface area contributed by atoms with Gasteiger partial charge in [0.15, 0.2) is 0 Å². The van der Waals surface area contributed by atoms with Crippen molar-refractivity contribution >= 4 is 62.3 Å². The number of hydrogen-bond acceptors (Lipinski definition) is 5. The normalized spacial score (nSPS) is 12.0. The maximum Gasteiger partial charge on any atom is 0.264 e. The van der Waals surface area contributed by atoms with Crippen LogP contribution < -0.4 is 14.4 Å². The maximum atomic E-state index is 14.2. The average molecular weight is 669 g/mol. The second kappa shape index (κ2) is 16.2. The minimum Gasteiger partial charge on any atom is -0.494 e. The zero-order chi connectivity index (χ0) is 31.6. The Labute approximate surface area is 268 Å². The SMILES string of the molecule is CCCCNC(=O)[C@H](CC)N(Cc1ccc(Cl)c(Cl)c1)C(=O)CN(c1ccc(OCC)cc1)S(=O)(=O)c1ccc(Cl)cc1. The molecule has 0 unspecified atom stereocenters. The van der Waals surface area contributed by atoms with E-state index in [4.69, 9.17) is 39.5 Å². The first kappa shape index (κ1) is 34.5. The second-order valence-electron chi connectivity index (χ2n) is 9.73. The molecule has 0 aliphatic carbocycles. The van der Waals surface area contributed by atoms with Crippen molar-refractivity contribution in [1.82, 2.24) is 10.2 Å². The van der Waals surface area contributed by atoms with Gasteiger partial charge in [0.25, 0.3) is 10.0 Å². The monoisotopic (exact) mass is 667 g/mol. The molecule has 0 spiro atoms. The quantitative estimate of drug-likeness (QED) is 0.177. The van der Waals surface area contributed by atoms with Gasteiger partial charge < -0.3 is 15.0 Å². The number of nitrogens with zero attached hydrogens (tertiary/aromatic N) is 2. The van der Waals surface area contributed by atoms with Crippen molar-refractivity contribution in [2.45, 2.75) is 57.5 Å². The van der Waals surface area contributed by atoms with Crippen LogP contribution in [0, 0.1) is 0 Å². The van der Waals surface area contributed by atoms with Gasteiger partial charge in [-0.15, -0.1) is 0 Å². The van der Waals surface area contributed by atoms with E-state index in [-0.39, 0.29) is 23.0 Å². The molecule has 0 radical (unpaired) electrons. The minimum absolute atomic E-state index is 0.00748. The first-order valence-electron chi connectivity index (χ1n) is 14.0. The number of benzene rings is 3. The van der Waals surface area contributed by atoms with Crippen LogP contribution in [0.15, 0.2) is 71.6 Å². The highest BCUT2D eigenvalue weighted by atomic mass is 35.5. The molecular weight excluding hydrogens is 633 g/mol. The standard InChI is InChI=1S/C31H36Cl3N3O5S/c1-4-7-18-35-31(39)29(5-2)36(20-22-8-17-27(33)28(34)19-22)30(38)21-37(24-11-13-25(14-12-24)42-6-3)43(40,41)26-15-9-23(32)10-16-26/h8-17,19,29H,4-7,18,20-21H2,1-3H3,(H,35,39)/t29-/m0/s1. The fourth-order valence-corrected chi connectivity index (χ4v) is 6.26. The van der Waals surface area contributed by atoms with E-state index in [1.54, 1.807) is 49.4 Å². The van der Waals surface area contributed by atoms with E-state index in [1.165, 1.54) is 29.2 Å². The lowest BCUT2D eigenvalue weighted by Crippen LogP contribution is -2.52. The lowest BCUT2D eigenvalue weighted by molar-refractivity contribution is -0.140. The molecule has 3 aromatic rings. The van der Waals surface area contributed by atoms with Gasteiger partial charge in [-0.1, -0.05) is 61.1 Å². The molecule has 0 bridgehead atoms. The number of hydrogen-bond donors (Lipinski definition) is 1. The predicted octanol–water partition coefficient (Wildman–Crippen LogP) is 6.96. The zero-order valence-corrected chi connectivity index (χ0v) is 27.4. The molecule has 0 saturated heterocycles. The molecule has 2 amide bonds. The molecule has 8 nitrogen and oxygen atoms in total. The van der Waals surface area contributed by atoms with Crippen molar-refractivity contribution in [2.75, 3.05) is 24.0 Å². The van der Waals surface area contributed by atoms with E-state index in [2.05, 4.69) is 5.32 Å². The number of unbranched alkanes of at least 4 members (excludes halogenated alkanes) is 1. The molecule has 0 aliphatic rings. The second-order valence-corrected chi connectivity index (χ2v) is 12.8. The molecule has 0 heterocycles. The summed E-state index contributed by atoms with van der Waals surface area (Å²) in [6.45, 7) is 5.99. The van der Waals surface area contributed by atoms with Crippen LogP contribution >= 0.6 is 34.8 Å². The van der Waals surface area contributed by atoms with Gasteiger partial charge in [-0.2, -0.15) is 0 Å². The third kappa shape index (κ3) is 9.25. The maximum absolute atomic E-state index is 14.2. The number of carbonyl (C=O) groups is 2. The summed E-state index contributed by atoms with van der Waals surface area (Å²) in [6, 6.07) is 16.2. The number of nitrogens with one attached hydrogen (secondary N) is 1. The van der Waals surface area contributed by atoms with E-state index in [0.29, 0.717) is 46.0 Å². The molecule has 12 heteroatoms. The Hall–Kier alpha value is -2.98. The summed E-state index contributed by atoms with van der Waals surface area (Å²) >= 11 is 18.4. The van der Waals surface area contributed by atoms with Crippen molar-refractivity contribution in [3.05, 3.63) is 87.4 Å². The Kier molecular flexibility index (Phi) is 13.0. The molecule has 0 aromatic heterocycles. The van der Waals surface area contributed by atoms with Crippen molar-refractivity contribution < 1.29 is 22.7 Å². The van der Waals surface area contributed by atoms with Crippen molar-refractivity contribution in [2.24, 2.45) is 0 Å². The molecule has 1 atom stereocenters. The number of ether oxygens (including phenoxy) is 1. The summed E-state index contributed by atoms with van der Waals surface area (Å²) in [6.07, 6.45) is 1.98. The highest BCUT2D eigenvalue weighted by Gasteiger charge is 2.33. The van der Waals surface area contributed by atoms with Gasteiger partial charge in [0.05, 0.1) is 27.2 Å². The van der Waals surface area contributed by atoms with Gasteiger partial charge in [-0.3, -0.25) is 13.9 Å². The van der Waals surface area contributed by atoms with Crippen LogP contribution in [0.1, 0.15) is 45.6 Å². The van der Waals surface area contributed by atoms with Gasteiger partial charge in [0.2, 0.25) is 11.8 Å². The van der Waals surface area contributed by atoms with Crippen LogP contribution in [-0.2, 0) is 26.2 Å². The first-order chi connectivity index (χ1) is 20.5. The fraction of sp³-hybridized carbons (Fsp3) is 0.355. The van der Waals surface area contributed by atoms with E-state index in [0.717, 1.165) is 17.1 Å². The number of halogens is 3. The summed E-state index contributed by atoms with van der Waals surface area (Å²) in [5.41, 5.74) is 0.887. The van der Waals surface area contributed by atoms with Gasteiger partial charge in [0, 0.05) is 18.1 Å². The lowest BCUT2D eigenvalue weighted by atomic mass is 10.1. The first-order valence-corrected chi connectivity index (χ1v) is 16.6. The number of rotatable bonds is 15. The number of anilines is 1. The Balaban J connectivity index is 2.05. The Morgan fingerprint density at radius 3 is 2.16 bits per heavy atom. The smallest absolute Gasteiger partial charge is 0.264 e. The van der Waals surface area contributed by atoms with Crippen LogP contribution in [0.4, 0.5) is 5.69 Å². The molecule has 1 N–H and O–H groups in total. The van der Waals surface area contributed by atoms with Gasteiger partial charge in [-0.25, -0.2) is 8.42 Å². The summed E-state index contributed by atoms with van der Waals surface area (Å²) < 4.78 is 34.5. The Bertz CT molecular complexity index is 1490. The lowest BCUT2D eigenvalue weighted by Gasteiger charge is -2.33. The van der Waals surface area contributed by atoms with Gasteiger partial charge >= 0.3 is 0 Å². The topological polar surface area (TPSA) is 96.0 Å². The molecular formula is C31H36Cl3N3O5S. The molecule has 0 aliphatic heterocycles. The van der Waals surface area contributed by atoms with Crippen molar-refractivity contribution in [1.29, 1.82) is 0 Å². The molecule has 43 heavy (non-hydrogen) atoms. The predicted molar refractivity (Wildman–Crippen MR) is 173 cm³/mol. The van der Waals surface area contributed by atoms with Crippen molar-refractivity contribution in [3.8, 4) is 5.75 Å². The number of amides is 2. The molecule has 0 saturated carbocycles.